The van der Waals surface area contributed by atoms with E-state index >= 15 is 0 Å². The largest absolute Gasteiger partial charge is 0.493 e. The molecule has 0 aliphatic rings. The number of hydrogen-bond acceptors (Lipinski definition) is 6. The predicted octanol–water partition coefficient (Wildman–Crippen LogP) is 3.42. The topological polar surface area (TPSA) is 82.6 Å². The lowest BCUT2D eigenvalue weighted by atomic mass is 10.1. The number of anilines is 1. The summed E-state index contributed by atoms with van der Waals surface area (Å²) in [6, 6.07) is 10.6. The molecular weight excluding hydrogens is 346 g/mol. The Morgan fingerprint density at radius 1 is 0.926 bits per heavy atom. The molecule has 2 heterocycles. The monoisotopic (exact) mass is 365 g/mol. The van der Waals surface area contributed by atoms with Crippen molar-refractivity contribution in [1.29, 1.82) is 0 Å². The van der Waals surface area contributed by atoms with E-state index in [0.29, 0.717) is 28.6 Å². The van der Waals surface area contributed by atoms with Gasteiger partial charge in [0.2, 0.25) is 5.75 Å². The van der Waals surface area contributed by atoms with E-state index < -0.39 is 0 Å². The Morgan fingerprint density at radius 2 is 1.63 bits per heavy atom. The SMILES string of the molecule is COc1cc(C(=O)Nc2ccc(-c3cccnc3)cn2)cc(OC)c1OC. The number of nitrogens with one attached hydrogen (secondary N) is 1. The summed E-state index contributed by atoms with van der Waals surface area (Å²) in [5, 5.41) is 2.76. The third-order valence-electron chi connectivity index (χ3n) is 3.93. The first-order valence-corrected chi connectivity index (χ1v) is 8.14. The molecule has 0 atom stereocenters. The van der Waals surface area contributed by atoms with E-state index in [-0.39, 0.29) is 5.91 Å². The smallest absolute Gasteiger partial charge is 0.257 e. The fourth-order valence-electron chi connectivity index (χ4n) is 2.57. The summed E-state index contributed by atoms with van der Waals surface area (Å²) >= 11 is 0. The Morgan fingerprint density at radius 3 is 2.15 bits per heavy atom. The highest BCUT2D eigenvalue weighted by Crippen LogP contribution is 2.38. The highest BCUT2D eigenvalue weighted by atomic mass is 16.5. The summed E-state index contributed by atoms with van der Waals surface area (Å²) in [6.07, 6.45) is 5.15. The molecule has 138 valence electrons. The lowest BCUT2D eigenvalue weighted by molar-refractivity contribution is 0.102. The molecule has 7 heteroatoms. The van der Waals surface area contributed by atoms with Crippen LogP contribution in [0.5, 0.6) is 17.2 Å². The number of nitrogens with zero attached hydrogens (tertiary/aromatic N) is 2. The standard InChI is InChI=1S/C20H19N3O4/c1-25-16-9-15(10-17(26-2)19(16)27-3)20(24)23-18-7-6-14(12-22-18)13-5-4-8-21-11-13/h4-12H,1-3H3,(H,22,23,24). The van der Waals surface area contributed by atoms with E-state index in [9.17, 15) is 4.79 Å². The van der Waals surface area contributed by atoms with Gasteiger partial charge in [-0.3, -0.25) is 9.78 Å². The van der Waals surface area contributed by atoms with Crippen molar-refractivity contribution < 1.29 is 19.0 Å². The molecular formula is C20H19N3O4. The quantitative estimate of drug-likeness (QED) is 0.721. The zero-order valence-corrected chi connectivity index (χ0v) is 15.2. The van der Waals surface area contributed by atoms with Gasteiger partial charge in [-0.2, -0.15) is 0 Å². The number of carbonyl (C=O) groups is 1. The average Bonchev–Trinajstić information content (AvgIpc) is 2.73. The van der Waals surface area contributed by atoms with Crippen LogP contribution in [0.2, 0.25) is 0 Å². The molecule has 0 radical (unpaired) electrons. The Labute approximate surface area is 156 Å². The van der Waals surface area contributed by atoms with Crippen LogP contribution in [0.25, 0.3) is 11.1 Å². The Kier molecular flexibility index (Phi) is 5.51. The lowest BCUT2D eigenvalue weighted by Gasteiger charge is -2.14. The molecule has 0 saturated heterocycles. The van der Waals surface area contributed by atoms with Crippen LogP contribution in [0.3, 0.4) is 0 Å². The van der Waals surface area contributed by atoms with Crippen LogP contribution in [0.1, 0.15) is 10.4 Å². The summed E-state index contributed by atoms with van der Waals surface area (Å²) in [7, 11) is 4.50. The molecule has 1 N–H and O–H groups in total. The molecule has 27 heavy (non-hydrogen) atoms. The maximum absolute atomic E-state index is 12.6. The van der Waals surface area contributed by atoms with Gasteiger partial charge in [0.1, 0.15) is 5.82 Å². The summed E-state index contributed by atoms with van der Waals surface area (Å²) in [4.78, 5) is 21.0. The van der Waals surface area contributed by atoms with Crippen LogP contribution in [-0.2, 0) is 0 Å². The molecule has 3 aromatic rings. The van der Waals surface area contributed by atoms with E-state index in [1.165, 1.54) is 21.3 Å². The second kappa shape index (κ2) is 8.18. The predicted molar refractivity (Wildman–Crippen MR) is 102 cm³/mol. The van der Waals surface area contributed by atoms with Crippen molar-refractivity contribution in [2.24, 2.45) is 0 Å². The van der Waals surface area contributed by atoms with Crippen molar-refractivity contribution in [3.63, 3.8) is 0 Å². The van der Waals surface area contributed by atoms with Gasteiger partial charge in [0.05, 0.1) is 21.3 Å². The van der Waals surface area contributed by atoms with Crippen LogP contribution in [0, 0.1) is 0 Å². The van der Waals surface area contributed by atoms with Crippen LogP contribution < -0.4 is 19.5 Å². The summed E-state index contributed by atoms with van der Waals surface area (Å²) in [5.74, 6) is 1.33. The highest BCUT2D eigenvalue weighted by Gasteiger charge is 2.17. The first-order valence-electron chi connectivity index (χ1n) is 8.14. The lowest BCUT2D eigenvalue weighted by Crippen LogP contribution is -2.13. The van der Waals surface area contributed by atoms with Gasteiger partial charge in [-0.25, -0.2) is 4.98 Å². The maximum Gasteiger partial charge on any atom is 0.257 e. The third-order valence-corrected chi connectivity index (χ3v) is 3.93. The number of carbonyl (C=O) groups excluding carboxylic acids is 1. The van der Waals surface area contributed by atoms with Gasteiger partial charge >= 0.3 is 0 Å². The van der Waals surface area contributed by atoms with Gasteiger partial charge < -0.3 is 19.5 Å². The summed E-state index contributed by atoms with van der Waals surface area (Å²) in [6.45, 7) is 0. The minimum Gasteiger partial charge on any atom is -0.493 e. The Bertz CT molecular complexity index is 903. The van der Waals surface area contributed by atoms with Gasteiger partial charge in [0.25, 0.3) is 5.91 Å². The van der Waals surface area contributed by atoms with Crippen molar-refractivity contribution in [3.8, 4) is 28.4 Å². The molecule has 0 saturated carbocycles. The number of aromatic nitrogens is 2. The fraction of sp³-hybridized carbons (Fsp3) is 0.150. The minimum atomic E-state index is -0.337. The number of pyridine rings is 2. The van der Waals surface area contributed by atoms with Crippen molar-refractivity contribution >= 4 is 11.7 Å². The van der Waals surface area contributed by atoms with Gasteiger partial charge in [-0.15, -0.1) is 0 Å². The first kappa shape index (κ1) is 18.2. The summed E-state index contributed by atoms with van der Waals surface area (Å²) in [5.41, 5.74) is 2.23. The molecule has 0 bridgehead atoms. The molecule has 7 nitrogen and oxygen atoms in total. The number of ether oxygens (including phenoxy) is 3. The molecule has 0 aliphatic heterocycles. The van der Waals surface area contributed by atoms with Crippen LogP contribution in [-0.4, -0.2) is 37.2 Å². The van der Waals surface area contributed by atoms with Crippen molar-refractivity contribution in [2.45, 2.75) is 0 Å². The van der Waals surface area contributed by atoms with E-state index in [1.807, 2.05) is 18.2 Å². The first-order chi connectivity index (χ1) is 13.2. The Hall–Kier alpha value is -3.61. The number of rotatable bonds is 6. The van der Waals surface area contributed by atoms with E-state index in [1.54, 1.807) is 36.8 Å². The highest BCUT2D eigenvalue weighted by molar-refractivity contribution is 6.04. The molecule has 3 rings (SSSR count). The van der Waals surface area contributed by atoms with Gasteiger partial charge in [0, 0.05) is 35.3 Å². The molecule has 0 fully saturated rings. The zero-order chi connectivity index (χ0) is 19.2. The molecule has 0 aliphatic carbocycles. The van der Waals surface area contributed by atoms with E-state index in [2.05, 4.69) is 15.3 Å². The number of amides is 1. The third kappa shape index (κ3) is 3.98. The average molecular weight is 365 g/mol. The van der Waals surface area contributed by atoms with E-state index in [0.717, 1.165) is 11.1 Å². The molecule has 0 spiro atoms. The van der Waals surface area contributed by atoms with Crippen molar-refractivity contribution in [2.75, 3.05) is 26.6 Å². The fourth-order valence-corrected chi connectivity index (χ4v) is 2.57. The number of hydrogen-bond donors (Lipinski definition) is 1. The maximum atomic E-state index is 12.6. The van der Waals surface area contributed by atoms with Crippen LogP contribution in [0.15, 0.2) is 55.0 Å². The van der Waals surface area contributed by atoms with E-state index in [4.69, 9.17) is 14.2 Å². The van der Waals surface area contributed by atoms with Crippen molar-refractivity contribution in [3.05, 3.63) is 60.6 Å². The molecule has 0 unspecified atom stereocenters. The van der Waals surface area contributed by atoms with Crippen LogP contribution in [0.4, 0.5) is 5.82 Å². The second-order valence-electron chi connectivity index (χ2n) is 5.54. The molecule has 1 aromatic carbocycles. The number of benzene rings is 1. The normalized spacial score (nSPS) is 10.2. The van der Waals surface area contributed by atoms with Gasteiger partial charge in [0.15, 0.2) is 11.5 Å². The zero-order valence-electron chi connectivity index (χ0n) is 15.2. The van der Waals surface area contributed by atoms with Crippen LogP contribution >= 0.6 is 0 Å². The number of methoxy groups -OCH3 is 3. The Balaban J connectivity index is 1.81. The molecule has 2 aromatic heterocycles. The van der Waals surface area contributed by atoms with Gasteiger partial charge in [-0.05, 0) is 30.3 Å². The molecule has 1 amide bonds. The second-order valence-corrected chi connectivity index (χ2v) is 5.54. The summed E-state index contributed by atoms with van der Waals surface area (Å²) < 4.78 is 15.8. The van der Waals surface area contributed by atoms with Crippen molar-refractivity contribution in [1.82, 2.24) is 9.97 Å². The minimum absolute atomic E-state index is 0.337. The van der Waals surface area contributed by atoms with Gasteiger partial charge in [-0.1, -0.05) is 6.07 Å².